The molecule has 1 unspecified atom stereocenters. The Morgan fingerprint density at radius 2 is 1.04 bits per heavy atom. The molecule has 0 fully saturated rings. The van der Waals surface area contributed by atoms with Gasteiger partial charge in [-0.1, -0.05) is 152 Å². The van der Waals surface area contributed by atoms with Crippen LogP contribution < -0.4 is 5.32 Å². The van der Waals surface area contributed by atoms with E-state index in [1.54, 1.807) is 0 Å². The molecule has 1 atom stereocenters. The molecule has 47 heavy (non-hydrogen) atoms. The third-order valence-electron chi connectivity index (χ3n) is 8.97. The van der Waals surface area contributed by atoms with Crippen LogP contribution in [0.1, 0.15) is 22.9 Å². The largest absolute Gasteiger partial charge is 0.456 e. The average molecular weight is 604 g/mol. The van der Waals surface area contributed by atoms with Crippen molar-refractivity contribution in [2.24, 2.45) is 9.98 Å². The Balaban J connectivity index is 1.22. The number of nitrogens with one attached hydrogen (secondary N) is 1. The molecule has 222 valence electrons. The Bertz CT molecular complexity index is 2470. The molecule has 7 aromatic carbocycles. The Morgan fingerprint density at radius 1 is 0.468 bits per heavy atom. The van der Waals surface area contributed by atoms with Crippen LogP contribution in [0.3, 0.4) is 0 Å². The van der Waals surface area contributed by atoms with E-state index in [0.29, 0.717) is 5.84 Å². The fourth-order valence-corrected chi connectivity index (χ4v) is 6.71. The minimum atomic E-state index is -0.325. The Labute approximate surface area is 272 Å². The van der Waals surface area contributed by atoms with Gasteiger partial charge in [-0.15, -0.1) is 0 Å². The molecule has 0 saturated carbocycles. The predicted molar refractivity (Wildman–Crippen MR) is 194 cm³/mol. The highest BCUT2D eigenvalue weighted by Gasteiger charge is 2.25. The normalized spacial score (nSPS) is 14.6. The highest BCUT2D eigenvalue weighted by atomic mass is 16.3. The summed E-state index contributed by atoms with van der Waals surface area (Å²) in [5, 5.41) is 8.22. The van der Waals surface area contributed by atoms with Crippen LogP contribution in [0, 0.1) is 0 Å². The van der Waals surface area contributed by atoms with E-state index in [-0.39, 0.29) is 6.17 Å². The van der Waals surface area contributed by atoms with E-state index < -0.39 is 0 Å². The first-order chi connectivity index (χ1) is 23.3. The molecular weight excluding hydrogens is 574 g/mol. The average Bonchev–Trinajstić information content (AvgIpc) is 3.55. The van der Waals surface area contributed by atoms with E-state index in [4.69, 9.17) is 14.4 Å². The maximum Gasteiger partial charge on any atom is 0.159 e. The fraction of sp³-hybridized carbons (Fsp3) is 0.0233. The maximum atomic E-state index is 6.52. The molecule has 1 aromatic heterocycles. The van der Waals surface area contributed by atoms with Crippen molar-refractivity contribution in [2.75, 3.05) is 0 Å². The van der Waals surface area contributed by atoms with Crippen molar-refractivity contribution < 1.29 is 4.42 Å². The molecule has 4 heteroatoms. The molecule has 1 N–H and O–H groups in total. The van der Waals surface area contributed by atoms with E-state index in [2.05, 4.69) is 133 Å². The first-order valence-electron chi connectivity index (χ1n) is 15.9. The molecule has 0 aliphatic carbocycles. The first-order valence-corrected chi connectivity index (χ1v) is 15.9. The fourth-order valence-electron chi connectivity index (χ4n) is 6.71. The Hall–Kier alpha value is -6.26. The predicted octanol–water partition coefficient (Wildman–Crippen LogP) is 10.6. The third-order valence-corrected chi connectivity index (χ3v) is 8.97. The summed E-state index contributed by atoms with van der Waals surface area (Å²) in [5.74, 6) is 1.45. The van der Waals surface area contributed by atoms with Gasteiger partial charge in [-0.25, -0.2) is 9.98 Å². The minimum Gasteiger partial charge on any atom is -0.456 e. The van der Waals surface area contributed by atoms with Gasteiger partial charge >= 0.3 is 0 Å². The van der Waals surface area contributed by atoms with Crippen LogP contribution in [0.2, 0.25) is 0 Å². The van der Waals surface area contributed by atoms with Crippen molar-refractivity contribution >= 4 is 44.4 Å². The summed E-state index contributed by atoms with van der Waals surface area (Å²) in [4.78, 5) is 10.3. The van der Waals surface area contributed by atoms with E-state index in [9.17, 15) is 0 Å². The molecule has 1 aliphatic heterocycles. The minimum absolute atomic E-state index is 0.325. The summed E-state index contributed by atoms with van der Waals surface area (Å²) in [5.41, 5.74) is 9.34. The van der Waals surface area contributed by atoms with E-state index in [1.165, 1.54) is 27.5 Å². The lowest BCUT2D eigenvalue weighted by molar-refractivity contribution is 0.668. The lowest BCUT2D eigenvalue weighted by Crippen LogP contribution is -2.33. The van der Waals surface area contributed by atoms with E-state index in [1.807, 2.05) is 36.4 Å². The van der Waals surface area contributed by atoms with E-state index in [0.717, 1.165) is 50.0 Å². The highest BCUT2D eigenvalue weighted by Crippen LogP contribution is 2.41. The van der Waals surface area contributed by atoms with Crippen molar-refractivity contribution in [1.82, 2.24) is 5.32 Å². The van der Waals surface area contributed by atoms with Gasteiger partial charge in [0.15, 0.2) is 5.84 Å². The van der Waals surface area contributed by atoms with Crippen LogP contribution in [-0.2, 0) is 0 Å². The molecule has 0 amide bonds. The van der Waals surface area contributed by atoms with Crippen molar-refractivity contribution in [1.29, 1.82) is 0 Å². The summed E-state index contributed by atoms with van der Waals surface area (Å²) in [7, 11) is 0. The van der Waals surface area contributed by atoms with Crippen molar-refractivity contribution in [3.8, 4) is 22.3 Å². The molecule has 0 bridgehead atoms. The molecular formula is C43H29N3O. The standard InChI is InChI=1S/C43H29N3O/c1-3-12-28(13-4-1)29-24-26-32(27-25-29)42-44-41(31-15-5-2-6-16-31)45-43(46-42)36-21-11-23-38-40(36)39-35(20-10-22-37(39)47-38)34-19-9-17-30-14-7-8-18-33(30)34/h1-27,42H,(H,44,45,46). The summed E-state index contributed by atoms with van der Waals surface area (Å²) in [6.45, 7) is 0. The number of aliphatic imine (C=N–C) groups is 2. The second-order valence-corrected chi connectivity index (χ2v) is 11.8. The highest BCUT2D eigenvalue weighted by molar-refractivity contribution is 6.24. The van der Waals surface area contributed by atoms with Crippen molar-refractivity contribution in [3.63, 3.8) is 0 Å². The number of amidine groups is 2. The van der Waals surface area contributed by atoms with Gasteiger partial charge in [-0.2, -0.15) is 0 Å². The van der Waals surface area contributed by atoms with Crippen molar-refractivity contribution in [2.45, 2.75) is 6.17 Å². The number of benzene rings is 7. The molecule has 9 rings (SSSR count). The SMILES string of the molecule is c1ccc(C2=NC(c3ccc(-c4ccccc4)cc3)NC(c3cccc4oc5cccc(-c6cccc7ccccc67)c5c34)=N2)cc1. The van der Waals surface area contributed by atoms with Crippen LogP contribution in [0.5, 0.6) is 0 Å². The zero-order chi connectivity index (χ0) is 31.2. The van der Waals surface area contributed by atoms with Gasteiger partial charge in [-0.05, 0) is 50.7 Å². The zero-order valence-electron chi connectivity index (χ0n) is 25.5. The van der Waals surface area contributed by atoms with Crippen LogP contribution in [-0.4, -0.2) is 11.7 Å². The van der Waals surface area contributed by atoms with Gasteiger partial charge in [0.05, 0.1) is 0 Å². The second-order valence-electron chi connectivity index (χ2n) is 11.8. The molecule has 8 aromatic rings. The number of hydrogen-bond donors (Lipinski definition) is 1. The van der Waals surface area contributed by atoms with Crippen LogP contribution in [0.25, 0.3) is 55.0 Å². The molecule has 2 heterocycles. The zero-order valence-corrected chi connectivity index (χ0v) is 25.5. The van der Waals surface area contributed by atoms with Crippen LogP contribution >= 0.6 is 0 Å². The first kappa shape index (κ1) is 27.1. The molecule has 1 aliphatic rings. The van der Waals surface area contributed by atoms with Gasteiger partial charge in [0, 0.05) is 21.9 Å². The number of fused-ring (bicyclic) bond motifs is 4. The number of furan rings is 1. The summed E-state index contributed by atoms with van der Waals surface area (Å²) >= 11 is 0. The Kier molecular flexibility index (Phi) is 6.50. The summed E-state index contributed by atoms with van der Waals surface area (Å²) in [6, 6.07) is 56.8. The number of rotatable bonds is 5. The smallest absolute Gasteiger partial charge is 0.159 e. The molecule has 0 radical (unpaired) electrons. The lowest BCUT2D eigenvalue weighted by atomic mass is 9.93. The maximum absolute atomic E-state index is 6.52. The van der Waals surface area contributed by atoms with Gasteiger partial charge in [0.2, 0.25) is 0 Å². The van der Waals surface area contributed by atoms with Gasteiger partial charge in [0.1, 0.15) is 23.2 Å². The van der Waals surface area contributed by atoms with Crippen LogP contribution in [0.4, 0.5) is 0 Å². The second kappa shape index (κ2) is 11.3. The van der Waals surface area contributed by atoms with Gasteiger partial charge in [0.25, 0.3) is 0 Å². The molecule has 0 spiro atoms. The van der Waals surface area contributed by atoms with Gasteiger partial charge < -0.3 is 9.73 Å². The lowest BCUT2D eigenvalue weighted by Gasteiger charge is -2.24. The third kappa shape index (κ3) is 4.79. The molecule has 4 nitrogen and oxygen atoms in total. The van der Waals surface area contributed by atoms with E-state index >= 15 is 0 Å². The quantitative estimate of drug-likeness (QED) is 0.213. The number of hydrogen-bond acceptors (Lipinski definition) is 4. The van der Waals surface area contributed by atoms with Crippen molar-refractivity contribution in [3.05, 3.63) is 180 Å². The topological polar surface area (TPSA) is 49.9 Å². The summed E-state index contributed by atoms with van der Waals surface area (Å²) < 4.78 is 6.52. The monoisotopic (exact) mass is 603 g/mol. The Morgan fingerprint density at radius 3 is 1.81 bits per heavy atom. The van der Waals surface area contributed by atoms with Crippen LogP contribution in [0.15, 0.2) is 178 Å². The summed E-state index contributed by atoms with van der Waals surface area (Å²) in [6.07, 6.45) is -0.325. The number of nitrogens with zero attached hydrogens (tertiary/aromatic N) is 2. The molecule has 0 saturated heterocycles. The van der Waals surface area contributed by atoms with Gasteiger partial charge in [-0.3, -0.25) is 0 Å².